The van der Waals surface area contributed by atoms with E-state index in [1.54, 1.807) is 25.7 Å². The molecule has 3 amide bonds. The highest BCUT2D eigenvalue weighted by Gasteiger charge is 2.37. The predicted molar refractivity (Wildman–Crippen MR) is 137 cm³/mol. The van der Waals surface area contributed by atoms with Crippen molar-refractivity contribution in [3.8, 4) is 0 Å². The van der Waals surface area contributed by atoms with Gasteiger partial charge < -0.3 is 20.3 Å². The van der Waals surface area contributed by atoms with Crippen molar-refractivity contribution < 1.29 is 19.1 Å². The number of alkyl carbamates (subject to hydrolysis) is 1. The highest BCUT2D eigenvalue weighted by Crippen LogP contribution is 2.26. The number of aryl methyl sites for hydroxylation is 2. The van der Waals surface area contributed by atoms with Crippen LogP contribution in [0.1, 0.15) is 91.0 Å². The Morgan fingerprint density at radius 2 is 1.53 bits per heavy atom. The summed E-state index contributed by atoms with van der Waals surface area (Å²) in [5.41, 5.74) is 2.11. The van der Waals surface area contributed by atoms with E-state index < -0.39 is 23.8 Å². The Bertz CT molecular complexity index is 825. The molecule has 2 N–H and O–H groups in total. The molecule has 1 aromatic carbocycles. The van der Waals surface area contributed by atoms with E-state index in [0.29, 0.717) is 6.54 Å². The molecule has 7 heteroatoms. The SMILES string of the molecule is CCCC(C)NC(=O)C(c1cc(C)cc(C)c1)N(CC)C(=O)C(NC(=O)OC(C)(C)C)C(C)C. The quantitative estimate of drug-likeness (QED) is 0.496. The minimum Gasteiger partial charge on any atom is -0.444 e. The van der Waals surface area contributed by atoms with Crippen LogP contribution in [-0.4, -0.2) is 47.0 Å². The van der Waals surface area contributed by atoms with Gasteiger partial charge in [0.1, 0.15) is 17.7 Å². The second-order valence-corrected chi connectivity index (χ2v) is 10.5. The maximum atomic E-state index is 13.8. The lowest BCUT2D eigenvalue weighted by molar-refractivity contribution is -0.143. The molecule has 0 saturated heterocycles. The molecule has 3 unspecified atom stereocenters. The molecule has 1 rings (SSSR count). The van der Waals surface area contributed by atoms with Crippen molar-refractivity contribution in [1.82, 2.24) is 15.5 Å². The van der Waals surface area contributed by atoms with Crippen molar-refractivity contribution in [2.24, 2.45) is 5.92 Å². The molecule has 0 fully saturated rings. The van der Waals surface area contributed by atoms with E-state index in [2.05, 4.69) is 17.6 Å². The smallest absolute Gasteiger partial charge is 0.408 e. The summed E-state index contributed by atoms with van der Waals surface area (Å²) in [5, 5.41) is 5.82. The van der Waals surface area contributed by atoms with Gasteiger partial charge in [-0.2, -0.15) is 0 Å². The lowest BCUT2D eigenvalue weighted by Crippen LogP contribution is -2.55. The van der Waals surface area contributed by atoms with Crippen molar-refractivity contribution in [2.75, 3.05) is 6.54 Å². The minimum absolute atomic E-state index is 0.0134. The summed E-state index contributed by atoms with van der Waals surface area (Å²) >= 11 is 0. The van der Waals surface area contributed by atoms with Gasteiger partial charge in [0.25, 0.3) is 0 Å². The van der Waals surface area contributed by atoms with Gasteiger partial charge in [-0.25, -0.2) is 4.79 Å². The van der Waals surface area contributed by atoms with Crippen LogP contribution in [0, 0.1) is 19.8 Å². The first kappa shape index (κ1) is 29.5. The molecule has 0 bridgehead atoms. The van der Waals surface area contributed by atoms with Crippen molar-refractivity contribution in [1.29, 1.82) is 0 Å². The van der Waals surface area contributed by atoms with Crippen molar-refractivity contribution >= 4 is 17.9 Å². The molecule has 192 valence electrons. The number of ether oxygens (including phenoxy) is 1. The van der Waals surface area contributed by atoms with E-state index in [0.717, 1.165) is 29.5 Å². The molecule has 0 radical (unpaired) electrons. The molecule has 0 spiro atoms. The van der Waals surface area contributed by atoms with Gasteiger partial charge in [-0.1, -0.05) is 56.5 Å². The average molecular weight is 476 g/mol. The fourth-order valence-corrected chi connectivity index (χ4v) is 4.06. The van der Waals surface area contributed by atoms with Crippen molar-refractivity contribution in [3.63, 3.8) is 0 Å². The summed E-state index contributed by atoms with van der Waals surface area (Å²) in [4.78, 5) is 41.4. The first-order valence-electron chi connectivity index (χ1n) is 12.4. The predicted octanol–water partition coefficient (Wildman–Crippen LogP) is 5.05. The van der Waals surface area contributed by atoms with Crippen LogP contribution in [0.25, 0.3) is 0 Å². The third-order valence-corrected chi connectivity index (χ3v) is 5.46. The number of rotatable bonds is 10. The summed E-state index contributed by atoms with van der Waals surface area (Å²) in [7, 11) is 0. The first-order chi connectivity index (χ1) is 15.7. The molecule has 3 atom stereocenters. The highest BCUT2D eigenvalue weighted by molar-refractivity contribution is 5.92. The van der Waals surface area contributed by atoms with E-state index in [1.807, 2.05) is 59.7 Å². The van der Waals surface area contributed by atoms with Crippen LogP contribution in [0.3, 0.4) is 0 Å². The van der Waals surface area contributed by atoms with E-state index in [9.17, 15) is 14.4 Å². The zero-order chi connectivity index (χ0) is 26.2. The molecule has 0 aliphatic heterocycles. The summed E-state index contributed by atoms with van der Waals surface area (Å²) in [6.45, 7) is 19.2. The molecule has 1 aromatic rings. The van der Waals surface area contributed by atoms with Gasteiger partial charge in [0, 0.05) is 12.6 Å². The standard InChI is InChI=1S/C27H45N3O4/c1-11-13-20(7)28-24(31)23(21-15-18(5)14-19(6)16-21)30(12-2)25(32)22(17(3)4)29-26(33)34-27(8,9)10/h14-17,20,22-23H,11-13H2,1-10H3,(H,28,31)(H,29,33). The fourth-order valence-electron chi connectivity index (χ4n) is 4.06. The average Bonchev–Trinajstić information content (AvgIpc) is 2.67. The molecule has 7 nitrogen and oxygen atoms in total. The zero-order valence-corrected chi connectivity index (χ0v) is 22.7. The molecule has 0 aliphatic rings. The summed E-state index contributed by atoms with van der Waals surface area (Å²) in [6, 6.07) is 4.28. The number of nitrogens with one attached hydrogen (secondary N) is 2. The van der Waals surface area contributed by atoms with Crippen LogP contribution in [-0.2, 0) is 14.3 Å². The topological polar surface area (TPSA) is 87.7 Å². The van der Waals surface area contributed by atoms with Crippen LogP contribution in [0.2, 0.25) is 0 Å². The molecule has 0 aliphatic carbocycles. The molecular formula is C27H45N3O4. The van der Waals surface area contributed by atoms with Crippen LogP contribution in [0.4, 0.5) is 4.79 Å². The minimum atomic E-state index is -0.830. The monoisotopic (exact) mass is 475 g/mol. The Morgan fingerprint density at radius 3 is 1.97 bits per heavy atom. The van der Waals surface area contributed by atoms with Gasteiger partial charge in [0.2, 0.25) is 11.8 Å². The van der Waals surface area contributed by atoms with Crippen molar-refractivity contribution in [2.45, 2.75) is 106 Å². The van der Waals surface area contributed by atoms with Crippen LogP contribution in [0.5, 0.6) is 0 Å². The summed E-state index contributed by atoms with van der Waals surface area (Å²) in [6.07, 6.45) is 1.14. The molecule has 34 heavy (non-hydrogen) atoms. The van der Waals surface area contributed by atoms with E-state index in [-0.39, 0.29) is 23.8 Å². The maximum absolute atomic E-state index is 13.8. The lowest BCUT2D eigenvalue weighted by Gasteiger charge is -2.35. The van der Waals surface area contributed by atoms with E-state index in [1.165, 1.54) is 0 Å². The van der Waals surface area contributed by atoms with Crippen LogP contribution >= 0.6 is 0 Å². The fraction of sp³-hybridized carbons (Fsp3) is 0.667. The van der Waals surface area contributed by atoms with Gasteiger partial charge >= 0.3 is 6.09 Å². The van der Waals surface area contributed by atoms with Gasteiger partial charge in [-0.3, -0.25) is 9.59 Å². The zero-order valence-electron chi connectivity index (χ0n) is 22.7. The Labute approximate surface area is 206 Å². The molecule has 0 aromatic heterocycles. The lowest BCUT2D eigenvalue weighted by atomic mass is 9.96. The van der Waals surface area contributed by atoms with Crippen LogP contribution < -0.4 is 10.6 Å². The largest absolute Gasteiger partial charge is 0.444 e. The number of nitrogens with zero attached hydrogens (tertiary/aromatic N) is 1. The molecule has 0 heterocycles. The van der Waals surface area contributed by atoms with E-state index >= 15 is 0 Å². The molecule has 0 saturated carbocycles. The second kappa shape index (κ2) is 12.8. The summed E-state index contributed by atoms with van der Waals surface area (Å²) in [5.74, 6) is -0.734. The Morgan fingerprint density at radius 1 is 0.971 bits per heavy atom. The third kappa shape index (κ3) is 8.99. The van der Waals surface area contributed by atoms with E-state index in [4.69, 9.17) is 4.74 Å². The number of likely N-dealkylation sites (N-methyl/N-ethyl adjacent to an activating group) is 1. The Hall–Kier alpha value is -2.57. The Kier molecular flexibility index (Phi) is 11.1. The molecular weight excluding hydrogens is 430 g/mol. The number of carbonyl (C=O) groups is 3. The first-order valence-corrected chi connectivity index (χ1v) is 12.4. The highest BCUT2D eigenvalue weighted by atomic mass is 16.6. The van der Waals surface area contributed by atoms with Crippen LogP contribution in [0.15, 0.2) is 18.2 Å². The van der Waals surface area contributed by atoms with Crippen molar-refractivity contribution in [3.05, 3.63) is 34.9 Å². The number of amides is 3. The maximum Gasteiger partial charge on any atom is 0.408 e. The number of benzene rings is 1. The Balaban J connectivity index is 3.40. The second-order valence-electron chi connectivity index (χ2n) is 10.5. The normalized spacial score (nSPS) is 14.2. The van der Waals surface area contributed by atoms with Gasteiger partial charge in [0.05, 0.1) is 0 Å². The van der Waals surface area contributed by atoms with Gasteiger partial charge in [-0.05, 0) is 66.4 Å². The van der Waals surface area contributed by atoms with Gasteiger partial charge in [0.15, 0.2) is 0 Å². The summed E-state index contributed by atoms with van der Waals surface area (Å²) < 4.78 is 5.39. The number of hydrogen-bond acceptors (Lipinski definition) is 4. The van der Waals surface area contributed by atoms with Gasteiger partial charge in [-0.15, -0.1) is 0 Å². The third-order valence-electron chi connectivity index (χ3n) is 5.46. The number of carbonyl (C=O) groups excluding carboxylic acids is 3. The number of hydrogen-bond donors (Lipinski definition) is 2.